The molecule has 148 valence electrons. The summed E-state index contributed by atoms with van der Waals surface area (Å²) in [6, 6.07) is 4.81. The van der Waals surface area contributed by atoms with Gasteiger partial charge in [0.05, 0.1) is 17.8 Å². The van der Waals surface area contributed by atoms with Gasteiger partial charge in [0.1, 0.15) is 0 Å². The molecule has 0 aromatic heterocycles. The topological polar surface area (TPSA) is 107 Å². The number of nitrogens with two attached hydrogens (primary N) is 1. The average Bonchev–Trinajstić information content (AvgIpc) is 2.53. The number of hydrogen-bond donors (Lipinski definition) is 2. The lowest BCUT2D eigenvalue weighted by Gasteiger charge is -2.31. The van der Waals surface area contributed by atoms with E-state index in [1.54, 1.807) is 12.1 Å². The molecule has 0 spiro atoms. The van der Waals surface area contributed by atoms with Crippen LogP contribution in [0, 0.1) is 16.0 Å². The molecule has 1 rings (SSSR count). The van der Waals surface area contributed by atoms with Gasteiger partial charge in [-0.25, -0.2) is 0 Å². The zero-order chi connectivity index (χ0) is 19.0. The first-order valence-electron chi connectivity index (χ1n) is 8.11. The van der Waals surface area contributed by atoms with Gasteiger partial charge in [0, 0.05) is 23.9 Å². The Bertz CT molecular complexity index is 616. The first-order chi connectivity index (χ1) is 11.7. The standard InChI is InChI=1S/C17H27N3O4S.ClH/c1-12(2)8-17(3,11-18)19-16(21)10-25-9-13-5-6-15(24-4)14(7-13)20(22)23;/h5-7,12H,8-11,18H2,1-4H3,(H,19,21);1H. The smallest absolute Gasteiger partial charge is 0.311 e. The predicted molar refractivity (Wildman–Crippen MR) is 108 cm³/mol. The molecule has 1 aromatic rings. The number of rotatable bonds is 10. The van der Waals surface area contributed by atoms with Crippen LogP contribution in [0.2, 0.25) is 0 Å². The molecule has 1 amide bonds. The van der Waals surface area contributed by atoms with Gasteiger partial charge in [-0.2, -0.15) is 0 Å². The highest BCUT2D eigenvalue weighted by molar-refractivity contribution is 7.99. The van der Waals surface area contributed by atoms with Crippen molar-refractivity contribution >= 4 is 35.8 Å². The number of ether oxygens (including phenoxy) is 1. The number of methoxy groups -OCH3 is 1. The quantitative estimate of drug-likeness (QED) is 0.457. The Morgan fingerprint density at radius 1 is 1.46 bits per heavy atom. The van der Waals surface area contributed by atoms with Gasteiger partial charge >= 0.3 is 5.69 Å². The maximum Gasteiger partial charge on any atom is 0.311 e. The van der Waals surface area contributed by atoms with Gasteiger partial charge in [-0.05, 0) is 30.9 Å². The fourth-order valence-electron chi connectivity index (χ4n) is 2.69. The number of nitro benzene ring substituents is 1. The molecule has 3 N–H and O–H groups in total. The van der Waals surface area contributed by atoms with Crippen LogP contribution in [0.5, 0.6) is 5.75 Å². The molecule has 0 saturated heterocycles. The monoisotopic (exact) mass is 405 g/mol. The van der Waals surface area contributed by atoms with Crippen LogP contribution in [0.3, 0.4) is 0 Å². The van der Waals surface area contributed by atoms with Crippen LogP contribution in [0.4, 0.5) is 5.69 Å². The number of nitrogens with one attached hydrogen (secondary N) is 1. The molecule has 1 atom stereocenters. The highest BCUT2D eigenvalue weighted by Gasteiger charge is 2.25. The second kappa shape index (κ2) is 11.3. The minimum Gasteiger partial charge on any atom is -0.490 e. The summed E-state index contributed by atoms with van der Waals surface area (Å²) in [5, 5.41) is 14.0. The van der Waals surface area contributed by atoms with Crippen LogP contribution in [-0.2, 0) is 10.5 Å². The summed E-state index contributed by atoms with van der Waals surface area (Å²) in [4.78, 5) is 22.7. The molecule has 1 unspecified atom stereocenters. The number of carbonyl (C=O) groups excluding carboxylic acids is 1. The third kappa shape index (κ3) is 7.80. The first-order valence-corrected chi connectivity index (χ1v) is 9.26. The highest BCUT2D eigenvalue weighted by Crippen LogP contribution is 2.29. The molecule has 0 aliphatic heterocycles. The molecule has 0 fully saturated rings. The fourth-order valence-corrected chi connectivity index (χ4v) is 3.46. The van der Waals surface area contributed by atoms with Gasteiger partial charge < -0.3 is 15.8 Å². The molecule has 0 bridgehead atoms. The summed E-state index contributed by atoms with van der Waals surface area (Å²) >= 11 is 1.40. The molecule has 0 saturated carbocycles. The van der Waals surface area contributed by atoms with E-state index in [1.807, 2.05) is 6.92 Å². The molecule has 9 heteroatoms. The largest absolute Gasteiger partial charge is 0.490 e. The maximum absolute atomic E-state index is 12.1. The Kier molecular flexibility index (Phi) is 10.6. The molecule has 7 nitrogen and oxygen atoms in total. The lowest BCUT2D eigenvalue weighted by molar-refractivity contribution is -0.385. The zero-order valence-corrected chi connectivity index (χ0v) is 17.2. The van der Waals surface area contributed by atoms with Gasteiger partial charge in [-0.3, -0.25) is 14.9 Å². The van der Waals surface area contributed by atoms with Gasteiger partial charge in [-0.1, -0.05) is 19.9 Å². The number of amides is 1. The third-order valence-electron chi connectivity index (χ3n) is 3.69. The molecular weight excluding hydrogens is 378 g/mol. The van der Waals surface area contributed by atoms with E-state index < -0.39 is 10.5 Å². The van der Waals surface area contributed by atoms with Gasteiger partial charge in [-0.15, -0.1) is 24.2 Å². The Labute approximate surface area is 165 Å². The van der Waals surface area contributed by atoms with Crippen molar-refractivity contribution in [2.24, 2.45) is 11.7 Å². The first kappa shape index (κ1) is 24.5. The van der Waals surface area contributed by atoms with E-state index in [1.165, 1.54) is 24.9 Å². The van der Waals surface area contributed by atoms with Crippen LogP contribution < -0.4 is 15.8 Å². The summed E-state index contributed by atoms with van der Waals surface area (Å²) < 4.78 is 4.98. The fraction of sp³-hybridized carbons (Fsp3) is 0.588. The summed E-state index contributed by atoms with van der Waals surface area (Å²) in [5.74, 6) is 1.35. The van der Waals surface area contributed by atoms with Crippen molar-refractivity contribution in [1.29, 1.82) is 0 Å². The van der Waals surface area contributed by atoms with E-state index in [4.69, 9.17) is 10.5 Å². The Morgan fingerprint density at radius 3 is 2.62 bits per heavy atom. The second-order valence-electron chi connectivity index (χ2n) is 6.67. The van der Waals surface area contributed by atoms with Crippen molar-refractivity contribution < 1.29 is 14.5 Å². The number of nitrogens with zero attached hydrogens (tertiary/aromatic N) is 1. The minimum absolute atomic E-state index is 0. The van der Waals surface area contributed by atoms with Crippen LogP contribution in [0.1, 0.15) is 32.8 Å². The van der Waals surface area contributed by atoms with Crippen LogP contribution in [0.15, 0.2) is 18.2 Å². The lowest BCUT2D eigenvalue weighted by Crippen LogP contribution is -2.52. The molecule has 0 aliphatic carbocycles. The number of nitro groups is 1. The number of thioether (sulfide) groups is 1. The second-order valence-corrected chi connectivity index (χ2v) is 7.65. The molecule has 0 heterocycles. The summed E-state index contributed by atoms with van der Waals surface area (Å²) in [5.41, 5.74) is 6.09. The Balaban J connectivity index is 0.00000625. The summed E-state index contributed by atoms with van der Waals surface area (Å²) in [7, 11) is 1.40. The van der Waals surface area contributed by atoms with Gasteiger partial charge in [0.15, 0.2) is 5.75 Å². The maximum atomic E-state index is 12.1. The molecule has 1 aromatic carbocycles. The van der Waals surface area contributed by atoms with E-state index in [9.17, 15) is 14.9 Å². The van der Waals surface area contributed by atoms with E-state index in [2.05, 4.69) is 19.2 Å². The number of carbonyl (C=O) groups is 1. The summed E-state index contributed by atoms with van der Waals surface area (Å²) in [6.45, 7) is 6.51. The van der Waals surface area contributed by atoms with Crippen molar-refractivity contribution in [2.45, 2.75) is 38.5 Å². The van der Waals surface area contributed by atoms with E-state index >= 15 is 0 Å². The predicted octanol–water partition coefficient (Wildman–Crippen LogP) is 3.14. The summed E-state index contributed by atoms with van der Waals surface area (Å²) in [6.07, 6.45) is 0.810. The molecule has 26 heavy (non-hydrogen) atoms. The van der Waals surface area contributed by atoms with Gasteiger partial charge in [0.2, 0.25) is 5.91 Å². The zero-order valence-electron chi connectivity index (χ0n) is 15.6. The lowest BCUT2D eigenvalue weighted by atomic mass is 9.91. The number of halogens is 1. The normalized spacial score (nSPS) is 12.8. The van der Waals surface area contributed by atoms with Gasteiger partial charge in [0.25, 0.3) is 0 Å². The minimum atomic E-state index is -0.474. The molecular formula is C17H28ClN3O4S. The van der Waals surface area contributed by atoms with Crippen molar-refractivity contribution in [3.63, 3.8) is 0 Å². The third-order valence-corrected chi connectivity index (χ3v) is 4.70. The van der Waals surface area contributed by atoms with E-state index in [0.29, 0.717) is 18.2 Å². The van der Waals surface area contributed by atoms with Crippen LogP contribution in [0.25, 0.3) is 0 Å². The Morgan fingerprint density at radius 2 is 2.12 bits per heavy atom. The van der Waals surface area contributed by atoms with Crippen molar-refractivity contribution in [3.05, 3.63) is 33.9 Å². The highest BCUT2D eigenvalue weighted by atomic mass is 35.5. The van der Waals surface area contributed by atoms with Crippen LogP contribution >= 0.6 is 24.2 Å². The van der Waals surface area contributed by atoms with Crippen molar-refractivity contribution in [3.8, 4) is 5.75 Å². The average molecular weight is 406 g/mol. The number of benzene rings is 1. The van der Waals surface area contributed by atoms with Crippen LogP contribution in [-0.4, -0.2) is 35.8 Å². The van der Waals surface area contributed by atoms with E-state index in [0.717, 1.165) is 12.0 Å². The van der Waals surface area contributed by atoms with Crippen molar-refractivity contribution in [1.82, 2.24) is 5.32 Å². The SMILES string of the molecule is COc1ccc(CSCC(=O)NC(C)(CN)CC(C)C)cc1[N+](=O)[O-].Cl. The molecule has 0 aliphatic rings. The van der Waals surface area contributed by atoms with E-state index in [-0.39, 0.29) is 35.5 Å². The molecule has 0 radical (unpaired) electrons. The van der Waals surface area contributed by atoms with Crippen molar-refractivity contribution in [2.75, 3.05) is 19.4 Å². The Hall–Kier alpha value is -1.51. The number of hydrogen-bond acceptors (Lipinski definition) is 6.